The molecule has 96 valence electrons. The van der Waals surface area contributed by atoms with Crippen LogP contribution in [0.15, 0.2) is 0 Å². The van der Waals surface area contributed by atoms with Crippen molar-refractivity contribution >= 4 is 22.6 Å². The molecule has 0 spiro atoms. The van der Waals surface area contributed by atoms with Gasteiger partial charge < -0.3 is 4.74 Å². The van der Waals surface area contributed by atoms with Gasteiger partial charge >= 0.3 is 0 Å². The summed E-state index contributed by atoms with van der Waals surface area (Å²) in [5, 5.41) is 4.75. The van der Waals surface area contributed by atoms with Crippen molar-refractivity contribution < 1.29 is 4.74 Å². The smallest absolute Gasteiger partial charge is 0.0758 e. The van der Waals surface area contributed by atoms with Gasteiger partial charge in [-0.3, -0.25) is 4.68 Å². The summed E-state index contributed by atoms with van der Waals surface area (Å²) >= 11 is 2.44. The molecule has 1 aliphatic rings. The standard InChI is InChI=1S/C13H21IN2O/c1-3-11-13(14)12(4-2)16(15-11)8-10-6-5-7-17-9-10/h10H,3-9H2,1-2H3. The SMILES string of the molecule is CCc1nn(CC2CCCOC2)c(CC)c1I. The normalized spacial score (nSPS) is 20.8. The summed E-state index contributed by atoms with van der Waals surface area (Å²) in [4.78, 5) is 0. The van der Waals surface area contributed by atoms with Crippen LogP contribution >= 0.6 is 22.6 Å². The van der Waals surface area contributed by atoms with Crippen molar-refractivity contribution in [2.75, 3.05) is 13.2 Å². The Morgan fingerprint density at radius 2 is 2.24 bits per heavy atom. The molecule has 1 unspecified atom stereocenters. The van der Waals surface area contributed by atoms with Gasteiger partial charge in [-0.2, -0.15) is 5.10 Å². The van der Waals surface area contributed by atoms with E-state index in [0.29, 0.717) is 5.92 Å². The lowest BCUT2D eigenvalue weighted by Gasteiger charge is -2.22. The molecule has 0 N–H and O–H groups in total. The molecule has 3 nitrogen and oxygen atoms in total. The van der Waals surface area contributed by atoms with E-state index in [2.05, 4.69) is 41.1 Å². The van der Waals surface area contributed by atoms with E-state index in [1.807, 2.05) is 0 Å². The summed E-state index contributed by atoms with van der Waals surface area (Å²) in [7, 11) is 0. The van der Waals surface area contributed by atoms with Crippen LogP contribution < -0.4 is 0 Å². The Hall–Kier alpha value is -0.100. The fraction of sp³-hybridized carbons (Fsp3) is 0.769. The Kier molecular flexibility index (Phi) is 4.85. The van der Waals surface area contributed by atoms with Gasteiger partial charge in [0.05, 0.1) is 21.6 Å². The van der Waals surface area contributed by atoms with E-state index in [1.165, 1.54) is 27.8 Å². The molecule has 0 radical (unpaired) electrons. The van der Waals surface area contributed by atoms with Crippen molar-refractivity contribution in [3.05, 3.63) is 15.0 Å². The van der Waals surface area contributed by atoms with Crippen LogP contribution in [0, 0.1) is 9.49 Å². The zero-order chi connectivity index (χ0) is 12.3. The molecular formula is C13H21IN2O. The second-order valence-electron chi connectivity index (χ2n) is 4.68. The highest BCUT2D eigenvalue weighted by molar-refractivity contribution is 14.1. The monoisotopic (exact) mass is 348 g/mol. The first kappa shape index (κ1) is 13.3. The van der Waals surface area contributed by atoms with E-state index in [-0.39, 0.29) is 0 Å². The van der Waals surface area contributed by atoms with Crippen molar-refractivity contribution in [3.63, 3.8) is 0 Å². The van der Waals surface area contributed by atoms with E-state index in [0.717, 1.165) is 32.6 Å². The van der Waals surface area contributed by atoms with Crippen LogP contribution in [0.4, 0.5) is 0 Å². The highest BCUT2D eigenvalue weighted by Gasteiger charge is 2.19. The second-order valence-corrected chi connectivity index (χ2v) is 5.76. The van der Waals surface area contributed by atoms with Crippen LogP contribution in [-0.2, 0) is 24.1 Å². The molecule has 1 fully saturated rings. The topological polar surface area (TPSA) is 27.1 Å². The number of aromatic nitrogens is 2. The van der Waals surface area contributed by atoms with Crippen molar-refractivity contribution in [2.24, 2.45) is 5.92 Å². The van der Waals surface area contributed by atoms with E-state index in [4.69, 9.17) is 9.84 Å². The largest absolute Gasteiger partial charge is 0.381 e. The van der Waals surface area contributed by atoms with Crippen LogP contribution in [-0.4, -0.2) is 23.0 Å². The number of halogens is 1. The van der Waals surface area contributed by atoms with Crippen molar-refractivity contribution in [3.8, 4) is 0 Å². The van der Waals surface area contributed by atoms with Gasteiger partial charge in [-0.15, -0.1) is 0 Å². The zero-order valence-corrected chi connectivity index (χ0v) is 12.9. The minimum absolute atomic E-state index is 0.648. The minimum Gasteiger partial charge on any atom is -0.381 e. The molecule has 17 heavy (non-hydrogen) atoms. The first-order valence-corrected chi connectivity index (χ1v) is 7.65. The molecule has 4 heteroatoms. The quantitative estimate of drug-likeness (QED) is 0.782. The lowest BCUT2D eigenvalue weighted by atomic mass is 10.0. The molecule has 1 aromatic rings. The maximum atomic E-state index is 5.55. The number of hydrogen-bond donors (Lipinski definition) is 0. The van der Waals surface area contributed by atoms with E-state index < -0.39 is 0 Å². The van der Waals surface area contributed by atoms with Gasteiger partial charge in [-0.25, -0.2) is 0 Å². The van der Waals surface area contributed by atoms with Crippen LogP contribution in [0.25, 0.3) is 0 Å². The van der Waals surface area contributed by atoms with Gasteiger partial charge in [0.15, 0.2) is 0 Å². The first-order valence-electron chi connectivity index (χ1n) is 6.58. The highest BCUT2D eigenvalue weighted by atomic mass is 127. The maximum Gasteiger partial charge on any atom is 0.0758 e. The molecule has 0 bridgehead atoms. The molecule has 0 aromatic carbocycles. The van der Waals surface area contributed by atoms with Crippen LogP contribution in [0.5, 0.6) is 0 Å². The molecule has 0 aliphatic carbocycles. The number of aryl methyl sites for hydroxylation is 1. The molecule has 2 heterocycles. The second kappa shape index (κ2) is 6.18. The van der Waals surface area contributed by atoms with Crippen LogP contribution in [0.3, 0.4) is 0 Å². The van der Waals surface area contributed by atoms with E-state index >= 15 is 0 Å². The molecule has 0 saturated carbocycles. The molecule has 0 amide bonds. The third-order valence-electron chi connectivity index (χ3n) is 3.42. The Balaban J connectivity index is 2.13. The summed E-state index contributed by atoms with van der Waals surface area (Å²) in [6.45, 7) is 7.26. The molecule has 1 aromatic heterocycles. The van der Waals surface area contributed by atoms with Gasteiger partial charge in [0.2, 0.25) is 0 Å². The summed E-state index contributed by atoms with van der Waals surface area (Å²) in [6, 6.07) is 0. The fourth-order valence-corrected chi connectivity index (χ4v) is 3.59. The number of rotatable bonds is 4. The Morgan fingerprint density at radius 1 is 1.41 bits per heavy atom. The molecule has 2 rings (SSSR count). The predicted octanol–water partition coefficient (Wildman–Crippen LogP) is 3.04. The highest BCUT2D eigenvalue weighted by Crippen LogP contribution is 2.22. The average Bonchev–Trinajstić information content (AvgIpc) is 2.66. The van der Waals surface area contributed by atoms with Crippen molar-refractivity contribution in [1.82, 2.24) is 9.78 Å². The number of nitrogens with zero attached hydrogens (tertiary/aromatic N) is 2. The predicted molar refractivity (Wildman–Crippen MR) is 77.2 cm³/mol. The summed E-state index contributed by atoms with van der Waals surface area (Å²) in [5.74, 6) is 0.648. The average molecular weight is 348 g/mol. The first-order chi connectivity index (χ1) is 8.26. The molecule has 1 aliphatic heterocycles. The Morgan fingerprint density at radius 3 is 2.82 bits per heavy atom. The molecular weight excluding hydrogens is 327 g/mol. The van der Waals surface area contributed by atoms with Crippen molar-refractivity contribution in [2.45, 2.75) is 46.1 Å². The van der Waals surface area contributed by atoms with E-state index in [9.17, 15) is 0 Å². The third-order valence-corrected chi connectivity index (χ3v) is 4.66. The lowest BCUT2D eigenvalue weighted by Crippen LogP contribution is -2.23. The summed E-state index contributed by atoms with van der Waals surface area (Å²) in [6.07, 6.45) is 4.57. The fourth-order valence-electron chi connectivity index (χ4n) is 2.44. The third kappa shape index (κ3) is 3.02. The van der Waals surface area contributed by atoms with Gasteiger partial charge in [0.25, 0.3) is 0 Å². The van der Waals surface area contributed by atoms with Gasteiger partial charge in [0.1, 0.15) is 0 Å². The van der Waals surface area contributed by atoms with Gasteiger partial charge in [0, 0.05) is 19.1 Å². The zero-order valence-electron chi connectivity index (χ0n) is 10.7. The number of hydrogen-bond acceptors (Lipinski definition) is 2. The van der Waals surface area contributed by atoms with Crippen molar-refractivity contribution in [1.29, 1.82) is 0 Å². The molecule has 1 saturated heterocycles. The lowest BCUT2D eigenvalue weighted by molar-refractivity contribution is 0.0466. The van der Waals surface area contributed by atoms with Crippen LogP contribution in [0.1, 0.15) is 38.1 Å². The summed E-state index contributed by atoms with van der Waals surface area (Å²) in [5.41, 5.74) is 2.65. The Labute approximate surface area is 117 Å². The minimum atomic E-state index is 0.648. The van der Waals surface area contributed by atoms with E-state index in [1.54, 1.807) is 0 Å². The molecule has 1 atom stereocenters. The number of ether oxygens (including phenoxy) is 1. The van der Waals surface area contributed by atoms with Gasteiger partial charge in [-0.05, 0) is 48.3 Å². The Bertz CT molecular complexity index is 370. The van der Waals surface area contributed by atoms with Gasteiger partial charge in [-0.1, -0.05) is 13.8 Å². The summed E-state index contributed by atoms with van der Waals surface area (Å²) < 4.78 is 9.14. The van der Waals surface area contributed by atoms with Crippen LogP contribution in [0.2, 0.25) is 0 Å². The maximum absolute atomic E-state index is 5.55.